The molecule has 0 fully saturated rings. The number of ether oxygens (including phenoxy) is 2. The van der Waals surface area contributed by atoms with Gasteiger partial charge in [-0.1, -0.05) is 23.8 Å². The van der Waals surface area contributed by atoms with Crippen molar-refractivity contribution in [1.82, 2.24) is 4.57 Å². The van der Waals surface area contributed by atoms with Crippen molar-refractivity contribution in [3.63, 3.8) is 0 Å². The number of nitrogens with zero attached hydrogens (tertiary/aromatic N) is 2. The molecule has 0 saturated carbocycles. The number of fused-ring (bicyclic) bond motifs is 1. The fourth-order valence-electron chi connectivity index (χ4n) is 3.15. The SMILES string of the molecule is COc1ccc(Cn2cc(C(=O)N=C(N)N)c3cc(C)ccc3c2=O)cc1OC. The van der Waals surface area contributed by atoms with Crippen LogP contribution in [-0.2, 0) is 6.54 Å². The van der Waals surface area contributed by atoms with Gasteiger partial charge in [0.05, 0.1) is 26.3 Å². The summed E-state index contributed by atoms with van der Waals surface area (Å²) in [6.45, 7) is 2.11. The number of aromatic nitrogens is 1. The minimum atomic E-state index is -0.610. The molecular formula is C21H22N4O4. The molecule has 1 heterocycles. The Hall–Kier alpha value is -3.81. The number of carbonyl (C=O) groups is 1. The maximum absolute atomic E-state index is 13.0. The molecule has 150 valence electrons. The van der Waals surface area contributed by atoms with Crippen LogP contribution in [0.15, 0.2) is 52.4 Å². The Bertz CT molecular complexity index is 1180. The van der Waals surface area contributed by atoms with Crippen molar-refractivity contribution in [1.29, 1.82) is 0 Å². The Morgan fingerprint density at radius 2 is 1.76 bits per heavy atom. The van der Waals surface area contributed by atoms with Gasteiger partial charge in [-0.05, 0) is 30.7 Å². The predicted octanol–water partition coefficient (Wildman–Crippen LogP) is 1.79. The highest BCUT2D eigenvalue weighted by atomic mass is 16.5. The molecule has 8 heteroatoms. The molecule has 2 aromatic carbocycles. The molecule has 0 unspecified atom stereocenters. The van der Waals surface area contributed by atoms with Gasteiger partial charge in [0.1, 0.15) is 0 Å². The summed E-state index contributed by atoms with van der Waals surface area (Å²) >= 11 is 0. The average molecular weight is 394 g/mol. The fraction of sp³-hybridized carbons (Fsp3) is 0.190. The van der Waals surface area contributed by atoms with E-state index in [-0.39, 0.29) is 23.6 Å². The van der Waals surface area contributed by atoms with Crippen molar-refractivity contribution < 1.29 is 14.3 Å². The van der Waals surface area contributed by atoms with Gasteiger partial charge in [-0.25, -0.2) is 0 Å². The van der Waals surface area contributed by atoms with Gasteiger partial charge in [-0.15, -0.1) is 0 Å². The predicted molar refractivity (Wildman–Crippen MR) is 112 cm³/mol. The molecule has 0 saturated heterocycles. The van der Waals surface area contributed by atoms with Crippen molar-refractivity contribution in [2.24, 2.45) is 16.5 Å². The molecule has 0 aliphatic carbocycles. The number of aliphatic imine (C=N–C) groups is 1. The Morgan fingerprint density at radius 3 is 2.41 bits per heavy atom. The molecular weight excluding hydrogens is 372 g/mol. The van der Waals surface area contributed by atoms with Gasteiger partial charge in [-0.2, -0.15) is 4.99 Å². The van der Waals surface area contributed by atoms with E-state index in [1.54, 1.807) is 31.4 Å². The van der Waals surface area contributed by atoms with Crippen molar-refractivity contribution in [3.05, 3.63) is 69.6 Å². The first-order valence-corrected chi connectivity index (χ1v) is 8.82. The number of aryl methyl sites for hydroxylation is 1. The van der Waals surface area contributed by atoms with Gasteiger partial charge < -0.3 is 25.5 Å². The van der Waals surface area contributed by atoms with E-state index in [9.17, 15) is 9.59 Å². The van der Waals surface area contributed by atoms with Crippen LogP contribution in [0.5, 0.6) is 11.5 Å². The van der Waals surface area contributed by atoms with Crippen LogP contribution in [0.1, 0.15) is 21.5 Å². The lowest BCUT2D eigenvalue weighted by atomic mass is 10.0. The highest BCUT2D eigenvalue weighted by Crippen LogP contribution is 2.28. The summed E-state index contributed by atoms with van der Waals surface area (Å²) in [5.41, 5.74) is 12.5. The molecule has 0 atom stereocenters. The Labute approximate surface area is 167 Å². The average Bonchev–Trinajstić information content (AvgIpc) is 2.69. The summed E-state index contributed by atoms with van der Waals surface area (Å²) < 4.78 is 12.0. The van der Waals surface area contributed by atoms with Crippen LogP contribution in [0.2, 0.25) is 0 Å². The molecule has 0 aliphatic heterocycles. The second-order valence-corrected chi connectivity index (χ2v) is 6.56. The van der Waals surface area contributed by atoms with Crippen molar-refractivity contribution in [3.8, 4) is 11.5 Å². The number of benzene rings is 2. The van der Waals surface area contributed by atoms with Crippen LogP contribution in [0.3, 0.4) is 0 Å². The largest absolute Gasteiger partial charge is 0.493 e. The van der Waals surface area contributed by atoms with Gasteiger partial charge in [-0.3, -0.25) is 9.59 Å². The monoisotopic (exact) mass is 394 g/mol. The second kappa shape index (κ2) is 8.05. The Kier molecular flexibility index (Phi) is 5.54. The zero-order valence-corrected chi connectivity index (χ0v) is 16.4. The summed E-state index contributed by atoms with van der Waals surface area (Å²) in [4.78, 5) is 29.2. The quantitative estimate of drug-likeness (QED) is 0.502. The molecule has 3 aromatic rings. The normalized spacial score (nSPS) is 10.6. The minimum absolute atomic E-state index is 0.226. The third kappa shape index (κ3) is 4.06. The van der Waals surface area contributed by atoms with E-state index < -0.39 is 5.91 Å². The number of amides is 1. The highest BCUT2D eigenvalue weighted by molar-refractivity contribution is 6.10. The summed E-state index contributed by atoms with van der Waals surface area (Å²) in [5, 5.41) is 0.918. The number of rotatable bonds is 5. The number of hydrogen-bond donors (Lipinski definition) is 2. The van der Waals surface area contributed by atoms with Gasteiger partial charge >= 0.3 is 0 Å². The maximum Gasteiger partial charge on any atom is 0.282 e. The van der Waals surface area contributed by atoms with Gasteiger partial charge in [0, 0.05) is 17.0 Å². The molecule has 4 N–H and O–H groups in total. The fourth-order valence-corrected chi connectivity index (χ4v) is 3.15. The zero-order chi connectivity index (χ0) is 21.1. The first-order valence-electron chi connectivity index (χ1n) is 8.82. The van der Waals surface area contributed by atoms with Crippen LogP contribution in [-0.4, -0.2) is 30.7 Å². The van der Waals surface area contributed by atoms with Gasteiger partial charge in [0.15, 0.2) is 17.5 Å². The lowest BCUT2D eigenvalue weighted by Gasteiger charge is -2.13. The minimum Gasteiger partial charge on any atom is -0.493 e. The highest BCUT2D eigenvalue weighted by Gasteiger charge is 2.16. The van der Waals surface area contributed by atoms with Crippen LogP contribution in [0.4, 0.5) is 0 Å². The number of nitrogens with two attached hydrogens (primary N) is 2. The zero-order valence-electron chi connectivity index (χ0n) is 16.4. The summed E-state index contributed by atoms with van der Waals surface area (Å²) in [6, 6.07) is 10.7. The van der Waals surface area contributed by atoms with Crippen molar-refractivity contribution in [2.75, 3.05) is 14.2 Å². The van der Waals surface area contributed by atoms with E-state index in [1.807, 2.05) is 19.1 Å². The van der Waals surface area contributed by atoms with E-state index >= 15 is 0 Å². The number of guanidine groups is 1. The molecule has 0 radical (unpaired) electrons. The topological polar surface area (TPSA) is 122 Å². The van der Waals surface area contributed by atoms with Gasteiger partial charge in [0.25, 0.3) is 11.5 Å². The number of pyridine rings is 1. The smallest absolute Gasteiger partial charge is 0.282 e. The van der Waals surface area contributed by atoms with Crippen molar-refractivity contribution >= 4 is 22.6 Å². The molecule has 0 bridgehead atoms. The van der Waals surface area contributed by atoms with Crippen LogP contribution < -0.4 is 26.5 Å². The first kappa shape index (κ1) is 19.9. The number of methoxy groups -OCH3 is 2. The van der Waals surface area contributed by atoms with E-state index in [0.29, 0.717) is 22.3 Å². The number of carbonyl (C=O) groups excluding carboxylic acids is 1. The lowest BCUT2D eigenvalue weighted by molar-refractivity contribution is 0.100. The van der Waals surface area contributed by atoms with Crippen molar-refractivity contribution in [2.45, 2.75) is 13.5 Å². The van der Waals surface area contributed by atoms with E-state index in [0.717, 1.165) is 11.1 Å². The lowest BCUT2D eigenvalue weighted by Crippen LogP contribution is -2.26. The van der Waals surface area contributed by atoms with Gasteiger partial charge in [0.2, 0.25) is 0 Å². The molecule has 1 aromatic heterocycles. The van der Waals surface area contributed by atoms with Crippen LogP contribution in [0, 0.1) is 6.92 Å². The van der Waals surface area contributed by atoms with E-state index in [1.165, 1.54) is 17.9 Å². The summed E-state index contributed by atoms with van der Waals surface area (Å²) in [5.74, 6) is 0.183. The Balaban J connectivity index is 2.17. The summed E-state index contributed by atoms with van der Waals surface area (Å²) in [6.07, 6.45) is 1.48. The maximum atomic E-state index is 13.0. The molecule has 1 amide bonds. The van der Waals surface area contributed by atoms with Crippen LogP contribution >= 0.6 is 0 Å². The van der Waals surface area contributed by atoms with E-state index in [4.69, 9.17) is 20.9 Å². The molecule has 0 spiro atoms. The summed E-state index contributed by atoms with van der Waals surface area (Å²) in [7, 11) is 3.09. The number of hydrogen-bond acceptors (Lipinski definition) is 4. The Morgan fingerprint density at radius 1 is 1.03 bits per heavy atom. The first-order chi connectivity index (χ1) is 13.8. The molecule has 8 nitrogen and oxygen atoms in total. The molecule has 29 heavy (non-hydrogen) atoms. The molecule has 0 aliphatic rings. The third-order valence-corrected chi connectivity index (χ3v) is 4.50. The molecule has 3 rings (SSSR count). The second-order valence-electron chi connectivity index (χ2n) is 6.56. The standard InChI is InChI=1S/C21H22N4O4/c1-12-4-6-14-15(8-12)16(19(26)24-21(22)23)11-25(20(14)27)10-13-5-7-17(28-2)18(9-13)29-3/h4-9,11H,10H2,1-3H3,(H4,22,23,24,26). The van der Waals surface area contributed by atoms with Crippen LogP contribution in [0.25, 0.3) is 10.8 Å². The van der Waals surface area contributed by atoms with E-state index in [2.05, 4.69) is 4.99 Å². The third-order valence-electron chi connectivity index (χ3n) is 4.50.